The second-order valence-corrected chi connectivity index (χ2v) is 3.15. The summed E-state index contributed by atoms with van der Waals surface area (Å²) >= 11 is 0. The monoisotopic (exact) mass is 212 g/mol. The maximum atomic E-state index is 4.55. The number of benzene rings is 1. The van der Waals surface area contributed by atoms with Gasteiger partial charge in [-0.25, -0.2) is 5.48 Å². The lowest BCUT2D eigenvalue weighted by atomic mass is 10.2. The smallest absolute Gasteiger partial charge is 0.119 e. The number of nitrogens with one attached hydrogen (secondary N) is 1. The van der Waals surface area contributed by atoms with Gasteiger partial charge in [0.05, 0.1) is 0 Å². The van der Waals surface area contributed by atoms with Crippen molar-refractivity contribution in [3.05, 3.63) is 67.3 Å². The van der Waals surface area contributed by atoms with Crippen molar-refractivity contribution in [2.24, 2.45) is 0 Å². The summed E-state index contributed by atoms with van der Waals surface area (Å²) in [4.78, 5) is 8.56. The molecule has 1 aromatic heterocycles. The van der Waals surface area contributed by atoms with Gasteiger partial charge >= 0.3 is 0 Å². The van der Waals surface area contributed by atoms with Crippen molar-refractivity contribution in [1.29, 1.82) is 0 Å². The summed E-state index contributed by atoms with van der Waals surface area (Å²) in [5.74, 6) is 0. The number of hydroxylamine groups is 1. The van der Waals surface area contributed by atoms with E-state index in [1.165, 1.54) is 10.8 Å². The molecule has 0 radical (unpaired) electrons. The Morgan fingerprint density at radius 2 is 1.88 bits per heavy atom. The second-order valence-electron chi connectivity index (χ2n) is 3.15. The van der Waals surface area contributed by atoms with Crippen LogP contribution in [0.3, 0.4) is 0 Å². The highest BCUT2D eigenvalue weighted by Crippen LogP contribution is 2.09. The fraction of sp³-hybridized carbons (Fsp3) is 0. The molecule has 0 unspecified atom stereocenters. The van der Waals surface area contributed by atoms with Crippen LogP contribution in [0.2, 0.25) is 0 Å². The van der Waals surface area contributed by atoms with Crippen molar-refractivity contribution >= 4 is 10.8 Å². The minimum atomic E-state index is 1.20. The molecule has 1 aromatic carbocycles. The van der Waals surface area contributed by atoms with Crippen LogP contribution >= 0.6 is 0 Å². The quantitative estimate of drug-likeness (QED) is 0.729. The average Bonchev–Trinajstić information content (AvgIpc) is 2.42. The molecular formula is C13H12N2O. The maximum absolute atomic E-state index is 4.55. The molecule has 3 heteroatoms. The van der Waals surface area contributed by atoms with E-state index in [2.05, 4.69) is 27.4 Å². The number of hydrogen-bond donors (Lipinski definition) is 1. The van der Waals surface area contributed by atoms with Crippen LogP contribution in [0.25, 0.3) is 10.8 Å². The highest BCUT2D eigenvalue weighted by Gasteiger charge is 1.86. The van der Waals surface area contributed by atoms with Gasteiger partial charge in [0.15, 0.2) is 0 Å². The summed E-state index contributed by atoms with van der Waals surface area (Å²) in [5, 5.41) is 2.45. The zero-order valence-corrected chi connectivity index (χ0v) is 8.71. The largest absolute Gasteiger partial charge is 0.391 e. The van der Waals surface area contributed by atoms with Crippen LogP contribution in [0.15, 0.2) is 67.3 Å². The topological polar surface area (TPSA) is 34.1 Å². The van der Waals surface area contributed by atoms with Crippen molar-refractivity contribution < 1.29 is 4.84 Å². The number of allylic oxidation sites excluding steroid dienone is 2. The highest BCUT2D eigenvalue weighted by atomic mass is 16.6. The zero-order valence-electron chi connectivity index (χ0n) is 8.71. The summed E-state index contributed by atoms with van der Waals surface area (Å²) in [6.07, 6.45) is 10.6. The SMILES string of the molecule is C1=CNOC=C1.c1ccc2cnccc2c1. The minimum absolute atomic E-state index is 1.20. The Labute approximate surface area is 94.0 Å². The molecule has 1 aliphatic heterocycles. The predicted molar refractivity (Wildman–Crippen MR) is 64.2 cm³/mol. The van der Waals surface area contributed by atoms with Crippen molar-refractivity contribution in [3.8, 4) is 0 Å². The molecule has 0 saturated carbocycles. The summed E-state index contributed by atoms with van der Waals surface area (Å²) in [6, 6.07) is 10.2. The average molecular weight is 212 g/mol. The molecule has 0 fully saturated rings. The molecular weight excluding hydrogens is 200 g/mol. The van der Waals surface area contributed by atoms with E-state index < -0.39 is 0 Å². The lowest BCUT2D eigenvalue weighted by Crippen LogP contribution is -2.01. The molecule has 0 bridgehead atoms. The standard InChI is InChI=1S/C9H7N.C4H5NO/c1-2-4-9-7-10-6-5-8(9)3-1;1-2-4-6-5-3-1/h1-7H;1-5H. The molecule has 0 amide bonds. The third kappa shape index (κ3) is 2.85. The van der Waals surface area contributed by atoms with E-state index in [-0.39, 0.29) is 0 Å². The molecule has 80 valence electrons. The molecule has 1 N–H and O–H groups in total. The molecule has 2 aromatic rings. The first-order chi connectivity index (χ1) is 7.97. The Morgan fingerprint density at radius 1 is 1.00 bits per heavy atom. The summed E-state index contributed by atoms with van der Waals surface area (Å²) in [5.41, 5.74) is 2.52. The maximum Gasteiger partial charge on any atom is 0.119 e. The van der Waals surface area contributed by atoms with Gasteiger partial charge in [0.25, 0.3) is 0 Å². The second kappa shape index (κ2) is 5.56. The van der Waals surface area contributed by atoms with E-state index in [0.29, 0.717) is 0 Å². The van der Waals surface area contributed by atoms with E-state index in [1.807, 2.05) is 36.7 Å². The summed E-state index contributed by atoms with van der Waals surface area (Å²) in [6.45, 7) is 0. The van der Waals surface area contributed by atoms with Crippen LogP contribution in [-0.4, -0.2) is 4.98 Å². The fourth-order valence-electron chi connectivity index (χ4n) is 1.28. The van der Waals surface area contributed by atoms with Crippen LogP contribution in [-0.2, 0) is 4.84 Å². The molecule has 0 spiro atoms. The number of pyridine rings is 1. The van der Waals surface area contributed by atoms with Crippen LogP contribution in [0.4, 0.5) is 0 Å². The van der Waals surface area contributed by atoms with Gasteiger partial charge in [0.2, 0.25) is 0 Å². The van der Waals surface area contributed by atoms with E-state index in [9.17, 15) is 0 Å². The first-order valence-electron chi connectivity index (χ1n) is 4.98. The number of rotatable bonds is 0. The first-order valence-corrected chi connectivity index (χ1v) is 4.98. The first kappa shape index (κ1) is 10.2. The van der Waals surface area contributed by atoms with Gasteiger partial charge in [-0.2, -0.15) is 0 Å². The predicted octanol–water partition coefficient (Wildman–Crippen LogP) is 2.78. The van der Waals surface area contributed by atoms with Gasteiger partial charge < -0.3 is 4.84 Å². The zero-order chi connectivity index (χ0) is 11.1. The van der Waals surface area contributed by atoms with E-state index in [4.69, 9.17) is 0 Å². The van der Waals surface area contributed by atoms with Gasteiger partial charge in [-0.3, -0.25) is 4.98 Å². The van der Waals surface area contributed by atoms with Gasteiger partial charge in [-0.15, -0.1) is 0 Å². The molecule has 0 aliphatic carbocycles. The molecule has 3 nitrogen and oxygen atoms in total. The molecule has 0 atom stereocenters. The third-order valence-electron chi connectivity index (χ3n) is 2.04. The molecule has 3 rings (SSSR count). The van der Waals surface area contributed by atoms with Crippen molar-refractivity contribution in [2.75, 3.05) is 0 Å². The lowest BCUT2D eigenvalue weighted by molar-refractivity contribution is 0.172. The molecule has 0 saturated heterocycles. The lowest BCUT2D eigenvalue weighted by Gasteiger charge is -1.97. The number of nitrogens with zero attached hydrogens (tertiary/aromatic N) is 1. The minimum Gasteiger partial charge on any atom is -0.391 e. The van der Waals surface area contributed by atoms with Gasteiger partial charge in [0, 0.05) is 18.6 Å². The van der Waals surface area contributed by atoms with Crippen LogP contribution in [0, 0.1) is 0 Å². The van der Waals surface area contributed by atoms with Crippen molar-refractivity contribution in [2.45, 2.75) is 0 Å². The van der Waals surface area contributed by atoms with E-state index >= 15 is 0 Å². The Bertz CT molecular complexity index is 429. The molecule has 2 heterocycles. The van der Waals surface area contributed by atoms with Gasteiger partial charge in [-0.1, -0.05) is 24.3 Å². The normalized spacial score (nSPS) is 12.2. The van der Waals surface area contributed by atoms with Gasteiger partial charge in [0.1, 0.15) is 6.26 Å². The van der Waals surface area contributed by atoms with E-state index in [0.717, 1.165) is 0 Å². The Balaban J connectivity index is 0.000000138. The highest BCUT2D eigenvalue weighted by molar-refractivity contribution is 5.80. The molecule has 16 heavy (non-hydrogen) atoms. The Hall–Kier alpha value is -2.29. The third-order valence-corrected chi connectivity index (χ3v) is 2.04. The number of hydrogen-bond acceptors (Lipinski definition) is 3. The Morgan fingerprint density at radius 3 is 2.44 bits per heavy atom. The van der Waals surface area contributed by atoms with Gasteiger partial charge in [-0.05, 0) is 29.0 Å². The fourth-order valence-corrected chi connectivity index (χ4v) is 1.28. The Kier molecular flexibility index (Phi) is 3.55. The number of aromatic nitrogens is 1. The van der Waals surface area contributed by atoms with Crippen molar-refractivity contribution in [1.82, 2.24) is 10.5 Å². The van der Waals surface area contributed by atoms with E-state index in [1.54, 1.807) is 18.5 Å². The van der Waals surface area contributed by atoms with Crippen molar-refractivity contribution in [3.63, 3.8) is 0 Å². The summed E-state index contributed by atoms with van der Waals surface area (Å²) in [7, 11) is 0. The van der Waals surface area contributed by atoms with Crippen LogP contribution in [0.1, 0.15) is 0 Å². The van der Waals surface area contributed by atoms with Crippen LogP contribution < -0.4 is 5.48 Å². The van der Waals surface area contributed by atoms with Crippen LogP contribution in [0.5, 0.6) is 0 Å². The molecule has 1 aliphatic rings. The number of fused-ring (bicyclic) bond motifs is 1. The summed E-state index contributed by atoms with van der Waals surface area (Å²) < 4.78 is 0.